The first kappa shape index (κ1) is 23.2. The van der Waals surface area contributed by atoms with E-state index < -0.39 is 35.6 Å². The molecule has 0 saturated carbocycles. The van der Waals surface area contributed by atoms with Crippen LogP contribution in [0, 0.1) is 0 Å². The molecule has 1 aromatic heterocycles. The molecule has 34 heavy (non-hydrogen) atoms. The van der Waals surface area contributed by atoms with Crippen molar-refractivity contribution in [1.29, 1.82) is 0 Å². The zero-order chi connectivity index (χ0) is 24.6. The minimum atomic E-state index is -1.66. The van der Waals surface area contributed by atoms with Crippen LogP contribution in [0.1, 0.15) is 29.0 Å². The predicted octanol–water partition coefficient (Wildman–Crippen LogP) is 0.873. The molecule has 1 aromatic carbocycles. The highest BCUT2D eigenvalue weighted by atomic mass is 16.3. The molecule has 2 aliphatic rings. The Morgan fingerprint density at radius 2 is 1.71 bits per heavy atom. The van der Waals surface area contributed by atoms with E-state index in [1.165, 1.54) is 35.1 Å². The number of amides is 5. The number of carbonyl (C=O) groups excluding carboxylic acids is 5. The highest BCUT2D eigenvalue weighted by molar-refractivity contribution is 6.29. The average molecular weight is 466 g/mol. The summed E-state index contributed by atoms with van der Waals surface area (Å²) in [4.78, 5) is 69.6. The lowest BCUT2D eigenvalue weighted by molar-refractivity contribution is -0.146. The van der Waals surface area contributed by atoms with Gasteiger partial charge in [-0.1, -0.05) is 18.2 Å². The minimum Gasteiger partial charge on any atom is -0.459 e. The number of furan rings is 1. The first-order valence-electron chi connectivity index (χ1n) is 10.9. The molecule has 5 amide bonds. The number of carbonyl (C=O) groups is 5. The number of anilines is 1. The van der Waals surface area contributed by atoms with Crippen LogP contribution in [-0.4, -0.2) is 85.0 Å². The quantitative estimate of drug-likeness (QED) is 0.442. The van der Waals surface area contributed by atoms with Crippen molar-refractivity contribution in [1.82, 2.24) is 14.7 Å². The summed E-state index contributed by atoms with van der Waals surface area (Å²) in [5.74, 6) is -2.14. The third-order valence-electron chi connectivity index (χ3n) is 6.34. The average Bonchev–Trinajstić information content (AvgIpc) is 3.49. The van der Waals surface area contributed by atoms with E-state index in [1.807, 2.05) is 0 Å². The molecule has 2 aliphatic heterocycles. The summed E-state index contributed by atoms with van der Waals surface area (Å²) >= 11 is 0. The second-order valence-corrected chi connectivity index (χ2v) is 8.69. The van der Waals surface area contributed by atoms with E-state index in [1.54, 1.807) is 43.4 Å². The van der Waals surface area contributed by atoms with Crippen molar-refractivity contribution >= 4 is 35.2 Å². The molecule has 1 spiro atoms. The maximum atomic E-state index is 13.6. The first-order valence-corrected chi connectivity index (χ1v) is 10.9. The SMILES string of the molecule is CN(C)C(=O)CN1C(=O)CC2(C1=O)C(=O)N(CCCN(C)C(=O)c1ccco1)c1ccccc12. The van der Waals surface area contributed by atoms with Crippen LogP contribution < -0.4 is 4.90 Å². The van der Waals surface area contributed by atoms with E-state index in [9.17, 15) is 24.0 Å². The van der Waals surface area contributed by atoms with Gasteiger partial charge in [0.05, 0.1) is 12.7 Å². The van der Waals surface area contributed by atoms with Gasteiger partial charge >= 0.3 is 0 Å². The number of likely N-dealkylation sites (N-methyl/N-ethyl adjacent to an activating group) is 1. The third-order valence-corrected chi connectivity index (χ3v) is 6.34. The maximum Gasteiger partial charge on any atom is 0.289 e. The summed E-state index contributed by atoms with van der Waals surface area (Å²) in [6, 6.07) is 10.1. The van der Waals surface area contributed by atoms with E-state index in [2.05, 4.69) is 0 Å². The molecule has 0 aliphatic carbocycles. The molecular formula is C24H26N4O6. The van der Waals surface area contributed by atoms with E-state index >= 15 is 0 Å². The summed E-state index contributed by atoms with van der Waals surface area (Å²) in [7, 11) is 4.72. The van der Waals surface area contributed by atoms with E-state index in [0.29, 0.717) is 24.2 Å². The van der Waals surface area contributed by atoms with Crippen molar-refractivity contribution < 1.29 is 28.4 Å². The number of imide groups is 1. The van der Waals surface area contributed by atoms with Gasteiger partial charge in [-0.15, -0.1) is 0 Å². The molecule has 0 bridgehead atoms. The molecule has 10 nitrogen and oxygen atoms in total. The Morgan fingerprint density at radius 3 is 2.38 bits per heavy atom. The number of hydrogen-bond acceptors (Lipinski definition) is 6. The van der Waals surface area contributed by atoms with Gasteiger partial charge in [0, 0.05) is 45.5 Å². The molecule has 1 saturated heterocycles. The van der Waals surface area contributed by atoms with Gasteiger partial charge in [0.15, 0.2) is 11.2 Å². The number of nitrogens with zero attached hydrogens (tertiary/aromatic N) is 4. The Balaban J connectivity index is 1.53. The monoisotopic (exact) mass is 466 g/mol. The van der Waals surface area contributed by atoms with E-state index in [0.717, 1.165) is 4.90 Å². The third kappa shape index (κ3) is 3.64. The smallest absolute Gasteiger partial charge is 0.289 e. The molecule has 3 heterocycles. The van der Waals surface area contributed by atoms with Gasteiger partial charge in [-0.2, -0.15) is 0 Å². The van der Waals surface area contributed by atoms with Gasteiger partial charge in [-0.3, -0.25) is 28.9 Å². The van der Waals surface area contributed by atoms with E-state index in [4.69, 9.17) is 4.42 Å². The summed E-state index contributed by atoms with van der Waals surface area (Å²) in [6.07, 6.45) is 1.56. The summed E-state index contributed by atoms with van der Waals surface area (Å²) in [6.45, 7) is 0.210. The standard InChI is InChI=1S/C24H26N4O6/c1-25(2)20(30)15-28-19(29)14-24(23(28)33)16-8-4-5-9-17(16)27(22(24)32)12-7-11-26(3)21(31)18-10-6-13-34-18/h4-6,8-10,13H,7,11-12,14-15H2,1-3H3. The van der Waals surface area contributed by atoms with Crippen molar-refractivity contribution in [2.75, 3.05) is 45.7 Å². The Hall–Kier alpha value is -3.95. The molecular weight excluding hydrogens is 440 g/mol. The highest BCUT2D eigenvalue weighted by Crippen LogP contribution is 2.48. The molecule has 2 aromatic rings. The summed E-state index contributed by atoms with van der Waals surface area (Å²) in [5, 5.41) is 0. The molecule has 178 valence electrons. The van der Waals surface area contributed by atoms with Crippen molar-refractivity contribution in [2.24, 2.45) is 0 Å². The lowest BCUT2D eigenvalue weighted by Crippen LogP contribution is -2.48. The largest absolute Gasteiger partial charge is 0.459 e. The lowest BCUT2D eigenvalue weighted by Gasteiger charge is -2.23. The van der Waals surface area contributed by atoms with Crippen molar-refractivity contribution in [3.8, 4) is 0 Å². The van der Waals surface area contributed by atoms with Crippen LogP contribution in [0.3, 0.4) is 0 Å². The zero-order valence-corrected chi connectivity index (χ0v) is 19.3. The topological polar surface area (TPSA) is 111 Å². The molecule has 0 radical (unpaired) electrons. The Bertz CT molecular complexity index is 1160. The molecule has 1 atom stereocenters. The predicted molar refractivity (Wildman–Crippen MR) is 121 cm³/mol. The van der Waals surface area contributed by atoms with Crippen LogP contribution in [0.25, 0.3) is 0 Å². The van der Waals surface area contributed by atoms with Crippen LogP contribution in [0.2, 0.25) is 0 Å². The van der Waals surface area contributed by atoms with Crippen molar-refractivity contribution in [3.63, 3.8) is 0 Å². The Kier molecular flexibility index (Phi) is 5.99. The fourth-order valence-electron chi connectivity index (χ4n) is 4.46. The number of likely N-dealkylation sites (tertiary alicyclic amines) is 1. The molecule has 1 unspecified atom stereocenters. The highest BCUT2D eigenvalue weighted by Gasteiger charge is 2.63. The second kappa shape index (κ2) is 8.77. The number of para-hydroxylation sites is 1. The normalized spacial score (nSPS) is 19.2. The summed E-state index contributed by atoms with van der Waals surface area (Å²) in [5.41, 5.74) is -0.622. The van der Waals surface area contributed by atoms with Crippen LogP contribution >= 0.6 is 0 Å². The Morgan fingerprint density at radius 1 is 1.00 bits per heavy atom. The van der Waals surface area contributed by atoms with Crippen LogP contribution in [-0.2, 0) is 24.6 Å². The molecule has 10 heteroatoms. The van der Waals surface area contributed by atoms with Crippen LogP contribution in [0.5, 0.6) is 0 Å². The second-order valence-electron chi connectivity index (χ2n) is 8.69. The van der Waals surface area contributed by atoms with Gasteiger partial charge in [-0.25, -0.2) is 0 Å². The summed E-state index contributed by atoms with van der Waals surface area (Å²) < 4.78 is 5.14. The number of hydrogen-bond donors (Lipinski definition) is 0. The molecule has 0 N–H and O–H groups in total. The van der Waals surface area contributed by atoms with Crippen molar-refractivity contribution in [3.05, 3.63) is 54.0 Å². The molecule has 4 rings (SSSR count). The van der Waals surface area contributed by atoms with Crippen LogP contribution in [0.4, 0.5) is 5.69 Å². The maximum absolute atomic E-state index is 13.6. The number of benzene rings is 1. The van der Waals surface area contributed by atoms with Gasteiger partial charge in [0.2, 0.25) is 17.7 Å². The lowest BCUT2D eigenvalue weighted by atomic mass is 9.80. The number of rotatable bonds is 7. The minimum absolute atomic E-state index is 0.228. The molecule has 1 fully saturated rings. The Labute approximate surface area is 196 Å². The van der Waals surface area contributed by atoms with Gasteiger partial charge < -0.3 is 19.1 Å². The fourth-order valence-corrected chi connectivity index (χ4v) is 4.46. The van der Waals surface area contributed by atoms with Crippen LogP contribution in [0.15, 0.2) is 47.1 Å². The van der Waals surface area contributed by atoms with Gasteiger partial charge in [0.25, 0.3) is 11.8 Å². The van der Waals surface area contributed by atoms with Gasteiger partial charge in [0.1, 0.15) is 6.54 Å². The number of fused-ring (bicyclic) bond motifs is 2. The first-order chi connectivity index (χ1) is 16.2. The van der Waals surface area contributed by atoms with E-state index in [-0.39, 0.29) is 24.6 Å². The zero-order valence-electron chi connectivity index (χ0n) is 19.3. The fraction of sp³-hybridized carbons (Fsp3) is 0.375. The van der Waals surface area contributed by atoms with Crippen molar-refractivity contribution in [2.45, 2.75) is 18.3 Å². The van der Waals surface area contributed by atoms with Gasteiger partial charge in [-0.05, 0) is 24.6 Å².